The van der Waals surface area contributed by atoms with Crippen molar-refractivity contribution in [1.29, 1.82) is 0 Å². The van der Waals surface area contributed by atoms with Crippen LogP contribution in [0.1, 0.15) is 44.7 Å². The molecule has 0 aliphatic carbocycles. The highest BCUT2D eigenvalue weighted by molar-refractivity contribution is 7.13. The van der Waals surface area contributed by atoms with E-state index in [1.54, 1.807) is 6.20 Å². The first-order valence-electron chi connectivity index (χ1n) is 11.4. The summed E-state index contributed by atoms with van der Waals surface area (Å²) in [5.41, 5.74) is 2.84. The molecule has 6 heteroatoms. The number of carbonyl (C=O) groups is 1. The fourth-order valence-electron chi connectivity index (χ4n) is 4.15. The second-order valence-corrected chi connectivity index (χ2v) is 9.08. The molecule has 1 aliphatic heterocycles. The molecule has 170 valence electrons. The van der Waals surface area contributed by atoms with Crippen LogP contribution in [0.15, 0.2) is 66.2 Å². The van der Waals surface area contributed by atoms with E-state index in [1.807, 2.05) is 51.3 Å². The molecular weight excluding hydrogens is 416 g/mol. The van der Waals surface area contributed by atoms with Crippen molar-refractivity contribution in [2.24, 2.45) is 5.41 Å². The van der Waals surface area contributed by atoms with E-state index in [2.05, 4.69) is 56.9 Å². The Morgan fingerprint density at radius 3 is 2.25 bits per heavy atom. The molecular formula is C26H34N4OS. The van der Waals surface area contributed by atoms with Crippen LogP contribution < -0.4 is 15.5 Å². The van der Waals surface area contributed by atoms with Gasteiger partial charge in [-0.25, -0.2) is 4.98 Å². The van der Waals surface area contributed by atoms with Crippen LogP contribution in [-0.2, 0) is 4.79 Å². The van der Waals surface area contributed by atoms with Crippen molar-refractivity contribution in [2.45, 2.75) is 33.6 Å². The number of piperazine rings is 1. The summed E-state index contributed by atoms with van der Waals surface area (Å²) in [5.74, 6) is -0.104. The molecule has 3 aromatic rings. The monoisotopic (exact) mass is 450 g/mol. The van der Waals surface area contributed by atoms with Gasteiger partial charge in [0.2, 0.25) is 5.91 Å². The molecule has 32 heavy (non-hydrogen) atoms. The van der Waals surface area contributed by atoms with E-state index in [-0.39, 0.29) is 11.8 Å². The Kier molecular flexibility index (Phi) is 8.42. The first kappa shape index (κ1) is 24.0. The predicted octanol–water partition coefficient (Wildman–Crippen LogP) is 5.38. The Hall–Kier alpha value is -2.70. The molecule has 4 rings (SSSR count). The molecule has 0 radical (unpaired) electrons. The van der Waals surface area contributed by atoms with Gasteiger partial charge in [0.05, 0.1) is 5.41 Å². The number of hydrogen-bond donors (Lipinski definition) is 2. The van der Waals surface area contributed by atoms with Crippen LogP contribution in [0, 0.1) is 5.41 Å². The minimum Gasteiger partial charge on any atom is -0.369 e. The maximum absolute atomic E-state index is 13.3. The third kappa shape index (κ3) is 5.56. The standard InChI is InChI=1S/C24H28N4OS.C2H6/c1-24(2,22(29)27-23-26-14-17-30-23)21(18-6-4-3-5-7-18)19-8-10-20(11-9-19)28-15-12-25-13-16-28;1-2/h3-11,14,17,21,25H,12-13,15-16H2,1-2H3,(H,26,27,29);1-2H3. The zero-order chi connectivity index (χ0) is 23.0. The van der Waals surface area contributed by atoms with Gasteiger partial charge in [-0.1, -0.05) is 70.2 Å². The summed E-state index contributed by atoms with van der Waals surface area (Å²) in [4.78, 5) is 19.9. The molecule has 1 unspecified atom stereocenters. The molecule has 0 spiro atoms. The summed E-state index contributed by atoms with van der Waals surface area (Å²) in [5, 5.41) is 8.89. The molecule has 1 aliphatic rings. The average Bonchev–Trinajstić information content (AvgIpc) is 3.35. The number of nitrogens with zero attached hydrogens (tertiary/aromatic N) is 2. The van der Waals surface area contributed by atoms with Crippen LogP contribution in [-0.4, -0.2) is 37.1 Å². The molecule has 1 saturated heterocycles. The molecule has 5 nitrogen and oxygen atoms in total. The molecule has 1 amide bonds. The molecule has 2 heterocycles. The second-order valence-electron chi connectivity index (χ2n) is 8.19. The van der Waals surface area contributed by atoms with E-state index in [1.165, 1.54) is 17.0 Å². The lowest BCUT2D eigenvalue weighted by Gasteiger charge is -2.34. The van der Waals surface area contributed by atoms with Crippen molar-refractivity contribution in [3.63, 3.8) is 0 Å². The maximum Gasteiger partial charge on any atom is 0.232 e. The van der Waals surface area contributed by atoms with Gasteiger partial charge in [0, 0.05) is 49.4 Å². The fraction of sp³-hybridized carbons (Fsp3) is 0.385. The highest BCUT2D eigenvalue weighted by Gasteiger charge is 2.39. The van der Waals surface area contributed by atoms with Crippen molar-refractivity contribution >= 4 is 28.1 Å². The number of rotatable bonds is 6. The Morgan fingerprint density at radius 1 is 1.03 bits per heavy atom. The molecule has 2 N–H and O–H groups in total. The number of nitrogens with one attached hydrogen (secondary N) is 2. The van der Waals surface area contributed by atoms with Crippen molar-refractivity contribution in [3.8, 4) is 0 Å². The smallest absolute Gasteiger partial charge is 0.232 e. The van der Waals surface area contributed by atoms with Crippen LogP contribution in [0.25, 0.3) is 0 Å². The van der Waals surface area contributed by atoms with E-state index in [0.717, 1.165) is 37.3 Å². The first-order chi connectivity index (χ1) is 15.6. The van der Waals surface area contributed by atoms with Gasteiger partial charge in [-0.15, -0.1) is 11.3 Å². The van der Waals surface area contributed by atoms with E-state index < -0.39 is 5.41 Å². The van der Waals surface area contributed by atoms with Crippen LogP contribution in [0.2, 0.25) is 0 Å². The maximum atomic E-state index is 13.3. The highest BCUT2D eigenvalue weighted by atomic mass is 32.1. The first-order valence-corrected chi connectivity index (χ1v) is 12.2. The van der Waals surface area contributed by atoms with Crippen LogP contribution >= 0.6 is 11.3 Å². The number of benzene rings is 2. The van der Waals surface area contributed by atoms with E-state index in [4.69, 9.17) is 0 Å². The highest BCUT2D eigenvalue weighted by Crippen LogP contribution is 2.42. The SMILES string of the molecule is CC.CC(C)(C(=O)Nc1nccs1)C(c1ccccc1)c1ccc(N2CCNCC2)cc1. The third-order valence-corrected chi connectivity index (χ3v) is 6.49. The van der Waals surface area contributed by atoms with Crippen LogP contribution in [0.5, 0.6) is 0 Å². The number of amides is 1. The summed E-state index contributed by atoms with van der Waals surface area (Å²) < 4.78 is 0. The number of carbonyl (C=O) groups excluding carboxylic acids is 1. The second kappa shape index (κ2) is 11.2. The van der Waals surface area contributed by atoms with Crippen molar-refractivity contribution in [2.75, 3.05) is 36.4 Å². The molecule has 0 saturated carbocycles. The van der Waals surface area contributed by atoms with E-state index in [9.17, 15) is 4.79 Å². The quantitative estimate of drug-likeness (QED) is 0.530. The molecule has 1 fully saturated rings. The minimum absolute atomic E-state index is 0.0301. The van der Waals surface area contributed by atoms with Gasteiger partial charge in [-0.05, 0) is 23.3 Å². The summed E-state index contributed by atoms with van der Waals surface area (Å²) >= 11 is 1.43. The van der Waals surface area contributed by atoms with Gasteiger partial charge in [0.15, 0.2) is 5.13 Å². The lowest BCUT2D eigenvalue weighted by Crippen LogP contribution is -2.43. The Bertz CT molecular complexity index is 949. The van der Waals surface area contributed by atoms with E-state index >= 15 is 0 Å². The Balaban J connectivity index is 0.00000141. The van der Waals surface area contributed by atoms with Gasteiger partial charge < -0.3 is 15.5 Å². The van der Waals surface area contributed by atoms with Crippen molar-refractivity contribution in [1.82, 2.24) is 10.3 Å². The fourth-order valence-corrected chi connectivity index (χ4v) is 4.67. The normalized spacial score (nSPS) is 14.8. The summed E-state index contributed by atoms with van der Waals surface area (Å²) in [7, 11) is 0. The van der Waals surface area contributed by atoms with Gasteiger partial charge in [0.25, 0.3) is 0 Å². The topological polar surface area (TPSA) is 57.3 Å². The average molecular weight is 451 g/mol. The third-order valence-electron chi connectivity index (χ3n) is 5.80. The molecule has 2 aromatic carbocycles. The number of hydrogen-bond acceptors (Lipinski definition) is 5. The summed E-state index contributed by atoms with van der Waals surface area (Å²) in [6.07, 6.45) is 1.71. The molecule has 0 bridgehead atoms. The number of thiazole rings is 1. The lowest BCUT2D eigenvalue weighted by molar-refractivity contribution is -0.124. The Labute approximate surface area is 195 Å². The molecule has 1 atom stereocenters. The van der Waals surface area contributed by atoms with Crippen LogP contribution in [0.3, 0.4) is 0 Å². The summed E-state index contributed by atoms with van der Waals surface area (Å²) in [6.45, 7) is 12.1. The Morgan fingerprint density at radius 2 is 1.66 bits per heavy atom. The largest absolute Gasteiger partial charge is 0.369 e. The zero-order valence-electron chi connectivity index (χ0n) is 19.5. The van der Waals surface area contributed by atoms with Crippen LogP contribution in [0.4, 0.5) is 10.8 Å². The van der Waals surface area contributed by atoms with Gasteiger partial charge >= 0.3 is 0 Å². The van der Waals surface area contributed by atoms with Gasteiger partial charge in [-0.2, -0.15) is 0 Å². The number of anilines is 2. The van der Waals surface area contributed by atoms with Gasteiger partial charge in [0.1, 0.15) is 0 Å². The lowest BCUT2D eigenvalue weighted by atomic mass is 9.70. The molecule has 1 aromatic heterocycles. The van der Waals surface area contributed by atoms with Crippen molar-refractivity contribution in [3.05, 3.63) is 77.3 Å². The predicted molar refractivity (Wildman–Crippen MR) is 136 cm³/mol. The van der Waals surface area contributed by atoms with E-state index in [0.29, 0.717) is 5.13 Å². The minimum atomic E-state index is -0.663. The summed E-state index contributed by atoms with van der Waals surface area (Å²) in [6, 6.07) is 19.0. The number of aromatic nitrogens is 1. The van der Waals surface area contributed by atoms with Gasteiger partial charge in [-0.3, -0.25) is 4.79 Å². The van der Waals surface area contributed by atoms with Crippen molar-refractivity contribution < 1.29 is 4.79 Å². The zero-order valence-corrected chi connectivity index (χ0v) is 20.3.